The molecule has 0 amide bonds. The number of aliphatic hydroxyl groups excluding tert-OH is 1. The van der Waals surface area contributed by atoms with Gasteiger partial charge in [0, 0.05) is 5.56 Å². The number of aliphatic hydroxyl groups is 1. The predicted molar refractivity (Wildman–Crippen MR) is 53.7 cm³/mol. The molecule has 70 valence electrons. The van der Waals surface area contributed by atoms with Crippen LogP contribution in [0.3, 0.4) is 0 Å². The fourth-order valence-corrected chi connectivity index (χ4v) is 1.05. The maximum atomic E-state index is 9.05. The Balaban J connectivity index is 2.87. The van der Waals surface area contributed by atoms with Crippen molar-refractivity contribution < 1.29 is 9.84 Å². The summed E-state index contributed by atoms with van der Waals surface area (Å²) in [5.74, 6) is 0.819. The van der Waals surface area contributed by atoms with Crippen molar-refractivity contribution in [1.29, 1.82) is 0 Å². The largest absolute Gasteiger partial charge is 0.496 e. The van der Waals surface area contributed by atoms with Crippen molar-refractivity contribution >= 4 is 6.08 Å². The van der Waals surface area contributed by atoms with Crippen LogP contribution in [0.25, 0.3) is 6.08 Å². The third-order valence-electron chi connectivity index (χ3n) is 1.69. The molecule has 1 N–H and O–H groups in total. The van der Waals surface area contributed by atoms with E-state index in [-0.39, 0.29) is 0 Å². The van der Waals surface area contributed by atoms with E-state index in [1.165, 1.54) is 0 Å². The first kappa shape index (κ1) is 9.81. The number of hydrogen-bond acceptors (Lipinski definition) is 2. The third kappa shape index (κ3) is 2.92. The lowest BCUT2D eigenvalue weighted by atomic mass is 10.1. The molecule has 0 heterocycles. The zero-order chi connectivity index (χ0) is 9.68. The van der Waals surface area contributed by atoms with Crippen LogP contribution in [-0.2, 0) is 0 Å². The number of methoxy groups -OCH3 is 1. The van der Waals surface area contributed by atoms with E-state index in [2.05, 4.69) is 0 Å². The molecule has 1 unspecified atom stereocenters. The van der Waals surface area contributed by atoms with Crippen LogP contribution in [0.15, 0.2) is 30.3 Å². The normalized spacial score (nSPS) is 13.2. The van der Waals surface area contributed by atoms with E-state index in [9.17, 15) is 0 Å². The first-order chi connectivity index (χ1) is 6.24. The van der Waals surface area contributed by atoms with Crippen molar-refractivity contribution in [3.63, 3.8) is 0 Å². The second-order valence-corrected chi connectivity index (χ2v) is 2.84. The van der Waals surface area contributed by atoms with Crippen molar-refractivity contribution in [1.82, 2.24) is 0 Å². The van der Waals surface area contributed by atoms with E-state index >= 15 is 0 Å². The summed E-state index contributed by atoms with van der Waals surface area (Å²) in [6, 6.07) is 7.68. The quantitative estimate of drug-likeness (QED) is 0.768. The molecule has 0 bridgehead atoms. The molecule has 1 aromatic carbocycles. The summed E-state index contributed by atoms with van der Waals surface area (Å²) in [7, 11) is 1.63. The van der Waals surface area contributed by atoms with Crippen molar-refractivity contribution in [3.8, 4) is 5.75 Å². The molecule has 1 aromatic rings. The third-order valence-corrected chi connectivity index (χ3v) is 1.69. The Labute approximate surface area is 78.5 Å². The minimum atomic E-state index is -0.426. The molecular formula is C11H14O2. The van der Waals surface area contributed by atoms with Crippen LogP contribution in [0.4, 0.5) is 0 Å². The highest BCUT2D eigenvalue weighted by molar-refractivity contribution is 5.57. The molecule has 0 fully saturated rings. The summed E-state index contributed by atoms with van der Waals surface area (Å²) < 4.78 is 5.14. The first-order valence-electron chi connectivity index (χ1n) is 4.23. The van der Waals surface area contributed by atoms with Crippen LogP contribution in [0.2, 0.25) is 0 Å². The molecule has 0 spiro atoms. The van der Waals surface area contributed by atoms with E-state index in [0.717, 1.165) is 11.3 Å². The van der Waals surface area contributed by atoms with Crippen molar-refractivity contribution in [3.05, 3.63) is 35.9 Å². The van der Waals surface area contributed by atoms with E-state index in [0.29, 0.717) is 0 Å². The predicted octanol–water partition coefficient (Wildman–Crippen LogP) is 2.09. The topological polar surface area (TPSA) is 29.5 Å². The SMILES string of the molecule is COc1ccccc1/C=C/C(C)O. The Morgan fingerprint density at radius 2 is 2.08 bits per heavy atom. The Kier molecular flexibility index (Phi) is 3.53. The molecule has 0 saturated heterocycles. The monoisotopic (exact) mass is 178 g/mol. The molecule has 2 heteroatoms. The van der Waals surface area contributed by atoms with Crippen molar-refractivity contribution in [2.45, 2.75) is 13.0 Å². The minimum Gasteiger partial charge on any atom is -0.496 e. The van der Waals surface area contributed by atoms with Gasteiger partial charge in [-0.2, -0.15) is 0 Å². The molecule has 1 atom stereocenters. The molecule has 1 rings (SSSR count). The smallest absolute Gasteiger partial charge is 0.126 e. The van der Waals surface area contributed by atoms with Crippen LogP contribution >= 0.6 is 0 Å². The van der Waals surface area contributed by atoms with Gasteiger partial charge in [-0.25, -0.2) is 0 Å². The van der Waals surface area contributed by atoms with Crippen LogP contribution in [0.1, 0.15) is 12.5 Å². The van der Waals surface area contributed by atoms with Gasteiger partial charge in [-0.3, -0.25) is 0 Å². The van der Waals surface area contributed by atoms with Gasteiger partial charge in [0.25, 0.3) is 0 Å². The van der Waals surface area contributed by atoms with Crippen LogP contribution in [-0.4, -0.2) is 18.3 Å². The van der Waals surface area contributed by atoms with Gasteiger partial charge >= 0.3 is 0 Å². The van der Waals surface area contributed by atoms with Gasteiger partial charge in [0.05, 0.1) is 13.2 Å². The van der Waals surface area contributed by atoms with Gasteiger partial charge in [-0.1, -0.05) is 30.4 Å². The molecule has 0 aliphatic heterocycles. The molecule has 0 radical (unpaired) electrons. The minimum absolute atomic E-state index is 0.426. The first-order valence-corrected chi connectivity index (χ1v) is 4.23. The Morgan fingerprint density at radius 3 is 2.69 bits per heavy atom. The average molecular weight is 178 g/mol. The maximum Gasteiger partial charge on any atom is 0.126 e. The van der Waals surface area contributed by atoms with Crippen molar-refractivity contribution in [2.75, 3.05) is 7.11 Å². The maximum absolute atomic E-state index is 9.05. The fraction of sp³-hybridized carbons (Fsp3) is 0.273. The summed E-state index contributed by atoms with van der Waals surface area (Å²) in [4.78, 5) is 0. The number of benzene rings is 1. The zero-order valence-electron chi connectivity index (χ0n) is 7.90. The lowest BCUT2D eigenvalue weighted by Gasteiger charge is -2.03. The molecular weight excluding hydrogens is 164 g/mol. The molecule has 0 aromatic heterocycles. The average Bonchev–Trinajstić information content (AvgIpc) is 2.15. The van der Waals surface area contributed by atoms with Crippen molar-refractivity contribution in [2.24, 2.45) is 0 Å². The van der Waals surface area contributed by atoms with Crippen LogP contribution < -0.4 is 4.74 Å². The Hall–Kier alpha value is -1.28. The van der Waals surface area contributed by atoms with Gasteiger partial charge < -0.3 is 9.84 Å². The Bertz CT molecular complexity index is 290. The highest BCUT2D eigenvalue weighted by atomic mass is 16.5. The highest BCUT2D eigenvalue weighted by Gasteiger charge is 1.96. The lowest BCUT2D eigenvalue weighted by molar-refractivity contribution is 0.245. The van der Waals surface area contributed by atoms with Gasteiger partial charge in [-0.15, -0.1) is 0 Å². The molecule has 2 nitrogen and oxygen atoms in total. The summed E-state index contributed by atoms with van der Waals surface area (Å²) in [6.45, 7) is 1.71. The lowest BCUT2D eigenvalue weighted by Crippen LogP contribution is -1.92. The zero-order valence-corrected chi connectivity index (χ0v) is 7.90. The second kappa shape index (κ2) is 4.67. The summed E-state index contributed by atoms with van der Waals surface area (Å²) in [5, 5.41) is 9.05. The van der Waals surface area contributed by atoms with Gasteiger partial charge in [0.1, 0.15) is 5.75 Å². The second-order valence-electron chi connectivity index (χ2n) is 2.84. The molecule has 0 saturated carbocycles. The van der Waals surface area contributed by atoms with E-state index in [1.807, 2.05) is 30.3 Å². The fourth-order valence-electron chi connectivity index (χ4n) is 1.05. The molecule has 0 aliphatic carbocycles. The number of rotatable bonds is 3. The van der Waals surface area contributed by atoms with E-state index in [4.69, 9.17) is 9.84 Å². The number of para-hydroxylation sites is 1. The number of ether oxygens (including phenoxy) is 1. The standard InChI is InChI=1S/C11H14O2/c1-9(12)7-8-10-5-3-4-6-11(10)13-2/h3-9,12H,1-2H3/b8-7+. The highest BCUT2D eigenvalue weighted by Crippen LogP contribution is 2.18. The van der Waals surface area contributed by atoms with E-state index in [1.54, 1.807) is 20.1 Å². The van der Waals surface area contributed by atoms with Gasteiger partial charge in [0.2, 0.25) is 0 Å². The summed E-state index contributed by atoms with van der Waals surface area (Å²) in [6.07, 6.45) is 3.14. The molecule has 0 aliphatic rings. The van der Waals surface area contributed by atoms with Crippen LogP contribution in [0, 0.1) is 0 Å². The van der Waals surface area contributed by atoms with Gasteiger partial charge in [-0.05, 0) is 13.0 Å². The van der Waals surface area contributed by atoms with E-state index < -0.39 is 6.10 Å². The number of hydrogen-bond donors (Lipinski definition) is 1. The summed E-state index contributed by atoms with van der Waals surface area (Å²) >= 11 is 0. The van der Waals surface area contributed by atoms with Gasteiger partial charge in [0.15, 0.2) is 0 Å². The summed E-state index contributed by atoms with van der Waals surface area (Å²) in [5.41, 5.74) is 0.978. The Morgan fingerprint density at radius 1 is 1.38 bits per heavy atom. The van der Waals surface area contributed by atoms with Crippen LogP contribution in [0.5, 0.6) is 5.75 Å². The molecule has 13 heavy (non-hydrogen) atoms.